The highest BCUT2D eigenvalue weighted by atomic mass is 16.5. The van der Waals surface area contributed by atoms with Gasteiger partial charge >= 0.3 is 5.97 Å². The summed E-state index contributed by atoms with van der Waals surface area (Å²) in [5.74, 6) is -0.362. The van der Waals surface area contributed by atoms with Crippen LogP contribution in [0.25, 0.3) is 0 Å². The molecule has 0 saturated heterocycles. The maximum absolute atomic E-state index is 12.9. The lowest BCUT2D eigenvalue weighted by atomic mass is 10.0. The molecule has 0 heterocycles. The van der Waals surface area contributed by atoms with Crippen LogP contribution in [-0.2, 0) is 27.4 Å². The Labute approximate surface area is 174 Å². The first kappa shape index (κ1) is 22.7. The fourth-order valence-electron chi connectivity index (χ4n) is 3.27. The van der Waals surface area contributed by atoms with Crippen molar-refractivity contribution in [3.8, 4) is 0 Å². The molecule has 0 aliphatic carbocycles. The van der Waals surface area contributed by atoms with Gasteiger partial charge in [0, 0.05) is 19.9 Å². The minimum Gasteiger partial charge on any atom is -0.459 e. The highest BCUT2D eigenvalue weighted by Crippen LogP contribution is 2.14. The first-order chi connectivity index (χ1) is 14.1. The van der Waals surface area contributed by atoms with Crippen molar-refractivity contribution < 1.29 is 14.3 Å². The predicted molar refractivity (Wildman–Crippen MR) is 116 cm³/mol. The third-order valence-electron chi connectivity index (χ3n) is 5.12. The van der Waals surface area contributed by atoms with E-state index in [1.165, 1.54) is 12.8 Å². The molecule has 0 aliphatic rings. The molecule has 0 aliphatic heterocycles. The van der Waals surface area contributed by atoms with E-state index >= 15 is 0 Å². The van der Waals surface area contributed by atoms with E-state index in [4.69, 9.17) is 4.74 Å². The van der Waals surface area contributed by atoms with E-state index in [1.54, 1.807) is 11.9 Å². The lowest BCUT2D eigenvalue weighted by Gasteiger charge is -2.27. The van der Waals surface area contributed by atoms with Crippen molar-refractivity contribution in [1.29, 1.82) is 0 Å². The third kappa shape index (κ3) is 8.10. The highest BCUT2D eigenvalue weighted by Gasteiger charge is 2.28. The molecule has 0 unspecified atom stereocenters. The van der Waals surface area contributed by atoms with Crippen LogP contribution < -0.4 is 0 Å². The maximum Gasteiger partial charge on any atom is 0.329 e. The number of unbranched alkanes of at least 4 members (excludes halogenated alkanes) is 4. The van der Waals surface area contributed by atoms with Gasteiger partial charge in [-0.2, -0.15) is 0 Å². The second kappa shape index (κ2) is 12.8. The summed E-state index contributed by atoms with van der Waals surface area (Å²) in [6.07, 6.45) is 6.37. The zero-order valence-corrected chi connectivity index (χ0v) is 17.7. The van der Waals surface area contributed by atoms with Crippen LogP contribution in [0, 0.1) is 0 Å². The van der Waals surface area contributed by atoms with Crippen molar-refractivity contribution in [2.75, 3.05) is 7.05 Å². The monoisotopic (exact) mass is 395 g/mol. The van der Waals surface area contributed by atoms with Crippen LogP contribution in [-0.4, -0.2) is 29.9 Å². The smallest absolute Gasteiger partial charge is 0.329 e. The standard InChI is InChI=1S/C25H33NO3/c1-3-4-5-6-13-18-24(27)26(2)23(19-21-14-9-7-10-15-21)25(28)29-20-22-16-11-8-12-17-22/h7-12,14-17,23H,3-6,13,18-20H2,1-2H3/t23-/m0/s1. The van der Waals surface area contributed by atoms with Crippen LogP contribution in [0.2, 0.25) is 0 Å². The minimum atomic E-state index is -0.621. The molecule has 2 aromatic carbocycles. The lowest BCUT2D eigenvalue weighted by Crippen LogP contribution is -2.44. The first-order valence-electron chi connectivity index (χ1n) is 10.6. The molecule has 1 amide bonds. The Kier molecular flexibility index (Phi) is 9.98. The number of benzene rings is 2. The van der Waals surface area contributed by atoms with E-state index in [2.05, 4.69) is 6.92 Å². The SMILES string of the molecule is CCCCCCCC(=O)N(C)[C@@H](Cc1ccccc1)C(=O)OCc1ccccc1. The van der Waals surface area contributed by atoms with Crippen LogP contribution in [0.1, 0.15) is 56.6 Å². The summed E-state index contributed by atoms with van der Waals surface area (Å²) >= 11 is 0. The molecule has 2 rings (SSSR count). The molecular weight excluding hydrogens is 362 g/mol. The molecule has 156 valence electrons. The molecule has 0 N–H and O–H groups in total. The number of nitrogens with zero attached hydrogens (tertiary/aromatic N) is 1. The van der Waals surface area contributed by atoms with Gasteiger partial charge in [0.2, 0.25) is 5.91 Å². The van der Waals surface area contributed by atoms with Gasteiger partial charge in [0.1, 0.15) is 12.6 Å². The summed E-state index contributed by atoms with van der Waals surface area (Å²) in [5.41, 5.74) is 1.95. The zero-order chi connectivity index (χ0) is 20.9. The number of carbonyl (C=O) groups is 2. The Morgan fingerprint density at radius 3 is 2.07 bits per heavy atom. The fourth-order valence-corrected chi connectivity index (χ4v) is 3.27. The third-order valence-corrected chi connectivity index (χ3v) is 5.12. The van der Waals surface area contributed by atoms with Crippen molar-refractivity contribution in [3.05, 3.63) is 71.8 Å². The first-order valence-corrected chi connectivity index (χ1v) is 10.6. The predicted octanol–water partition coefficient (Wildman–Crippen LogP) is 5.16. The highest BCUT2D eigenvalue weighted by molar-refractivity contribution is 5.84. The average Bonchev–Trinajstić information content (AvgIpc) is 2.76. The van der Waals surface area contributed by atoms with Gasteiger partial charge in [0.05, 0.1) is 0 Å². The number of carbonyl (C=O) groups excluding carboxylic acids is 2. The van der Waals surface area contributed by atoms with E-state index in [0.717, 1.165) is 30.4 Å². The molecule has 1 atom stereocenters. The Balaban J connectivity index is 1.99. The molecule has 0 radical (unpaired) electrons. The Hall–Kier alpha value is -2.62. The topological polar surface area (TPSA) is 46.6 Å². The van der Waals surface area contributed by atoms with Gasteiger partial charge in [0.25, 0.3) is 0 Å². The molecular formula is C25H33NO3. The summed E-state index contributed by atoms with van der Waals surface area (Å²) in [7, 11) is 1.71. The van der Waals surface area contributed by atoms with Gasteiger partial charge in [-0.3, -0.25) is 4.79 Å². The molecule has 0 aromatic heterocycles. The Morgan fingerprint density at radius 1 is 0.862 bits per heavy atom. The maximum atomic E-state index is 12.9. The molecule has 4 heteroatoms. The average molecular weight is 396 g/mol. The van der Waals surface area contributed by atoms with Gasteiger partial charge in [-0.25, -0.2) is 4.79 Å². The van der Waals surface area contributed by atoms with Crippen LogP contribution in [0.4, 0.5) is 0 Å². The van der Waals surface area contributed by atoms with Crippen molar-refractivity contribution in [1.82, 2.24) is 4.90 Å². The van der Waals surface area contributed by atoms with Crippen molar-refractivity contribution in [2.45, 2.75) is 64.5 Å². The van der Waals surface area contributed by atoms with Crippen molar-refractivity contribution >= 4 is 11.9 Å². The van der Waals surface area contributed by atoms with E-state index < -0.39 is 6.04 Å². The lowest BCUT2D eigenvalue weighted by molar-refractivity contribution is -0.155. The van der Waals surface area contributed by atoms with Crippen LogP contribution >= 0.6 is 0 Å². The van der Waals surface area contributed by atoms with Gasteiger partial charge in [-0.05, 0) is 17.5 Å². The molecule has 0 spiro atoms. The fraction of sp³-hybridized carbons (Fsp3) is 0.440. The van der Waals surface area contributed by atoms with Crippen molar-refractivity contribution in [2.24, 2.45) is 0 Å². The molecule has 4 nitrogen and oxygen atoms in total. The minimum absolute atomic E-state index is 0.000842. The Morgan fingerprint density at radius 2 is 1.45 bits per heavy atom. The van der Waals surface area contributed by atoms with Crippen LogP contribution in [0.5, 0.6) is 0 Å². The normalized spacial score (nSPS) is 11.7. The second-order valence-corrected chi connectivity index (χ2v) is 7.47. The van der Waals surface area contributed by atoms with Gasteiger partial charge in [-0.15, -0.1) is 0 Å². The van der Waals surface area contributed by atoms with E-state index in [-0.39, 0.29) is 18.5 Å². The van der Waals surface area contributed by atoms with E-state index in [1.807, 2.05) is 60.7 Å². The quantitative estimate of drug-likeness (QED) is 0.368. The zero-order valence-electron chi connectivity index (χ0n) is 17.7. The van der Waals surface area contributed by atoms with Crippen LogP contribution in [0.15, 0.2) is 60.7 Å². The van der Waals surface area contributed by atoms with Crippen molar-refractivity contribution in [3.63, 3.8) is 0 Å². The summed E-state index contributed by atoms with van der Waals surface area (Å²) in [6.45, 7) is 2.39. The number of hydrogen-bond acceptors (Lipinski definition) is 3. The van der Waals surface area contributed by atoms with E-state index in [0.29, 0.717) is 12.8 Å². The molecule has 0 bridgehead atoms. The number of ether oxygens (including phenoxy) is 1. The van der Waals surface area contributed by atoms with Gasteiger partial charge < -0.3 is 9.64 Å². The second-order valence-electron chi connectivity index (χ2n) is 7.47. The summed E-state index contributed by atoms with van der Waals surface area (Å²) in [6, 6.07) is 18.8. The number of rotatable bonds is 12. The number of hydrogen-bond donors (Lipinski definition) is 0. The number of likely N-dealkylation sites (N-methyl/N-ethyl adjacent to an activating group) is 1. The molecule has 2 aromatic rings. The van der Waals surface area contributed by atoms with E-state index in [9.17, 15) is 9.59 Å². The molecule has 29 heavy (non-hydrogen) atoms. The molecule has 0 saturated carbocycles. The number of esters is 1. The summed E-state index contributed by atoms with van der Waals surface area (Å²) in [5, 5.41) is 0. The Bertz CT molecular complexity index is 730. The van der Waals surface area contributed by atoms with Crippen LogP contribution in [0.3, 0.4) is 0 Å². The largest absolute Gasteiger partial charge is 0.459 e. The summed E-state index contributed by atoms with van der Waals surface area (Å²) < 4.78 is 5.56. The molecule has 0 fully saturated rings. The van der Waals surface area contributed by atoms with Gasteiger partial charge in [-0.1, -0.05) is 93.3 Å². The van der Waals surface area contributed by atoms with Gasteiger partial charge in [0.15, 0.2) is 0 Å². The summed E-state index contributed by atoms with van der Waals surface area (Å²) in [4.78, 5) is 27.1. The number of amides is 1.